The number of carbonyl (C=O) groups excluding carboxylic acids is 2. The Morgan fingerprint density at radius 2 is 1.36 bits per heavy atom. The van der Waals surface area contributed by atoms with Crippen molar-refractivity contribution in [2.75, 3.05) is 30.6 Å². The number of halogens is 4. The van der Waals surface area contributed by atoms with Gasteiger partial charge in [0.15, 0.2) is 23.1 Å². The molecule has 0 radical (unpaired) electrons. The summed E-state index contributed by atoms with van der Waals surface area (Å²) in [7, 11) is 2.49. The molecule has 10 nitrogen and oxygen atoms in total. The fraction of sp³-hybridized carbons (Fsp3) is 0.0909. The lowest BCUT2D eigenvalue weighted by atomic mass is 10.1. The molecule has 188 valence electrons. The highest BCUT2D eigenvalue weighted by Gasteiger charge is 2.39. The minimum absolute atomic E-state index is 0.00891. The first-order chi connectivity index (χ1) is 17.0. The lowest BCUT2D eigenvalue weighted by molar-refractivity contribution is -0.384. The van der Waals surface area contributed by atoms with Crippen molar-refractivity contribution in [3.8, 4) is 11.5 Å². The summed E-state index contributed by atoms with van der Waals surface area (Å²) >= 11 is 11.4. The van der Waals surface area contributed by atoms with Crippen LogP contribution < -0.4 is 25.8 Å². The second-order valence-electron chi connectivity index (χ2n) is 7.02. The quantitative estimate of drug-likeness (QED) is 0.206. The molecule has 3 aromatic carbocycles. The Hall–Kier alpha value is -4.16. The maximum Gasteiger partial charge on any atom is 0.338 e. The number of nitro benzene ring substituents is 1. The van der Waals surface area contributed by atoms with Gasteiger partial charge in [0, 0.05) is 0 Å². The molecule has 1 heterocycles. The van der Waals surface area contributed by atoms with E-state index in [2.05, 4.69) is 4.74 Å². The van der Waals surface area contributed by atoms with Crippen LogP contribution in [-0.4, -0.2) is 31.0 Å². The lowest BCUT2D eigenvalue weighted by Gasteiger charge is -2.19. The van der Waals surface area contributed by atoms with Crippen molar-refractivity contribution in [1.29, 1.82) is 0 Å². The van der Waals surface area contributed by atoms with E-state index in [0.717, 1.165) is 12.1 Å². The summed E-state index contributed by atoms with van der Waals surface area (Å²) in [6.07, 6.45) is 0. The Morgan fingerprint density at radius 1 is 0.889 bits per heavy atom. The van der Waals surface area contributed by atoms with Gasteiger partial charge >= 0.3 is 5.69 Å². The molecule has 0 bridgehead atoms. The first-order valence-electron chi connectivity index (χ1n) is 9.71. The average Bonchev–Trinajstić information content (AvgIpc) is 3.07. The molecule has 0 fully saturated rings. The molecule has 0 unspecified atom stereocenters. The normalized spacial score (nSPS) is 12.1. The Balaban J connectivity index is 0.000000223. The zero-order valence-corrected chi connectivity index (χ0v) is 20.0. The van der Waals surface area contributed by atoms with Gasteiger partial charge in [-0.3, -0.25) is 19.7 Å². The van der Waals surface area contributed by atoms with Gasteiger partial charge in [-0.25, -0.2) is 13.7 Å². The van der Waals surface area contributed by atoms with Crippen molar-refractivity contribution >= 4 is 57.8 Å². The van der Waals surface area contributed by atoms with Gasteiger partial charge in [-0.05, 0) is 24.3 Å². The highest BCUT2D eigenvalue weighted by molar-refractivity contribution is 6.36. The Labute approximate surface area is 212 Å². The van der Waals surface area contributed by atoms with Crippen LogP contribution in [0.3, 0.4) is 0 Å². The molecule has 36 heavy (non-hydrogen) atoms. The summed E-state index contributed by atoms with van der Waals surface area (Å²) in [5.41, 5.74) is 9.60. The summed E-state index contributed by atoms with van der Waals surface area (Å²) in [4.78, 5) is 35.2. The zero-order chi connectivity index (χ0) is 26.9. The van der Waals surface area contributed by atoms with Crippen LogP contribution in [-0.2, 0) is 0 Å². The smallest absolute Gasteiger partial charge is 0.338 e. The van der Waals surface area contributed by atoms with Gasteiger partial charge in [0.05, 0.1) is 40.3 Å². The van der Waals surface area contributed by atoms with Crippen LogP contribution >= 0.6 is 23.2 Å². The predicted molar refractivity (Wildman–Crippen MR) is 129 cm³/mol. The maximum absolute atomic E-state index is 14.3. The van der Waals surface area contributed by atoms with Crippen molar-refractivity contribution in [2.45, 2.75) is 0 Å². The topological polar surface area (TPSA) is 151 Å². The molecular formula is C22H16Cl2F2N4O6. The van der Waals surface area contributed by atoms with E-state index in [1.54, 1.807) is 12.1 Å². The lowest BCUT2D eigenvalue weighted by Crippen LogP contribution is -2.31. The number of benzene rings is 3. The molecule has 0 atom stereocenters. The second kappa shape index (κ2) is 10.2. The SMILES string of the molecule is COc1c(Cl)cc(F)c(N)c1[N+](=O)[O-].COc1c(Cl)cc(F)c(N2C(=O)c3ccccc3C2=O)c1N. The number of nitrogen functional groups attached to an aromatic ring is 2. The fourth-order valence-corrected chi connectivity index (χ4v) is 3.95. The van der Waals surface area contributed by atoms with Gasteiger partial charge in [0.1, 0.15) is 11.4 Å². The van der Waals surface area contributed by atoms with Crippen LogP contribution in [0.4, 0.5) is 31.5 Å². The van der Waals surface area contributed by atoms with E-state index in [-0.39, 0.29) is 44.0 Å². The number of imide groups is 1. The van der Waals surface area contributed by atoms with Gasteiger partial charge in [-0.15, -0.1) is 0 Å². The van der Waals surface area contributed by atoms with E-state index in [1.165, 1.54) is 26.4 Å². The molecule has 1 aliphatic rings. The van der Waals surface area contributed by atoms with E-state index in [9.17, 15) is 28.5 Å². The number of nitro groups is 1. The molecule has 14 heteroatoms. The number of fused-ring (bicyclic) bond motifs is 1. The van der Waals surface area contributed by atoms with Gasteiger partial charge < -0.3 is 20.9 Å². The van der Waals surface area contributed by atoms with E-state index in [1.807, 2.05) is 0 Å². The van der Waals surface area contributed by atoms with Crippen LogP contribution in [0, 0.1) is 21.7 Å². The van der Waals surface area contributed by atoms with Gasteiger partial charge in [-0.2, -0.15) is 0 Å². The monoisotopic (exact) mass is 540 g/mol. The summed E-state index contributed by atoms with van der Waals surface area (Å²) < 4.78 is 36.9. The Morgan fingerprint density at radius 3 is 1.83 bits per heavy atom. The number of nitrogens with two attached hydrogens (primary N) is 2. The molecule has 3 aromatic rings. The Kier molecular flexibility index (Phi) is 7.51. The number of ether oxygens (including phenoxy) is 2. The van der Waals surface area contributed by atoms with Crippen molar-refractivity contribution < 1.29 is 32.8 Å². The zero-order valence-electron chi connectivity index (χ0n) is 18.5. The average molecular weight is 541 g/mol. The third-order valence-electron chi connectivity index (χ3n) is 5.00. The summed E-state index contributed by atoms with van der Waals surface area (Å²) in [6, 6.07) is 8.05. The van der Waals surface area contributed by atoms with Crippen LogP contribution in [0.15, 0.2) is 36.4 Å². The summed E-state index contributed by atoms with van der Waals surface area (Å²) in [5.74, 6) is -3.34. The number of amides is 2. The number of anilines is 3. The fourth-order valence-electron chi connectivity index (χ4n) is 3.42. The number of methoxy groups -OCH3 is 2. The number of hydrogen-bond donors (Lipinski definition) is 2. The standard InChI is InChI=1S/C15H10ClFN2O3.C7H6ClFN2O3/c1-22-13-9(16)6-10(17)12(11(13)18)19-14(20)7-4-2-3-5-8(7)15(19)21;1-14-7-3(8)2-4(9)5(10)6(7)11(12)13/h2-6H,18H2,1H3;2H,10H2,1H3. The molecule has 0 saturated heterocycles. The molecule has 0 saturated carbocycles. The number of hydrogen-bond acceptors (Lipinski definition) is 8. The van der Waals surface area contributed by atoms with E-state index in [0.29, 0.717) is 4.90 Å². The molecule has 2 amide bonds. The van der Waals surface area contributed by atoms with Crippen LogP contribution in [0.25, 0.3) is 0 Å². The van der Waals surface area contributed by atoms with Crippen molar-refractivity contribution in [2.24, 2.45) is 0 Å². The minimum Gasteiger partial charge on any atom is -0.493 e. The summed E-state index contributed by atoms with van der Waals surface area (Å²) in [5, 5.41) is 10.3. The first-order valence-corrected chi connectivity index (χ1v) is 10.5. The second-order valence-corrected chi connectivity index (χ2v) is 7.83. The van der Waals surface area contributed by atoms with Gasteiger partial charge in [0.25, 0.3) is 11.8 Å². The number of rotatable bonds is 4. The molecule has 1 aliphatic heterocycles. The van der Waals surface area contributed by atoms with Gasteiger partial charge in [0.2, 0.25) is 5.75 Å². The maximum atomic E-state index is 14.3. The Bertz CT molecular complexity index is 1390. The largest absolute Gasteiger partial charge is 0.493 e. The van der Waals surface area contributed by atoms with Crippen molar-refractivity contribution in [1.82, 2.24) is 0 Å². The number of nitrogens with zero attached hydrogens (tertiary/aromatic N) is 2. The molecule has 0 aliphatic carbocycles. The van der Waals surface area contributed by atoms with Crippen LogP contribution in [0.1, 0.15) is 20.7 Å². The highest BCUT2D eigenvalue weighted by Crippen LogP contribution is 2.43. The molecular weight excluding hydrogens is 525 g/mol. The summed E-state index contributed by atoms with van der Waals surface area (Å²) in [6.45, 7) is 0. The molecule has 4 N–H and O–H groups in total. The molecule has 4 rings (SSSR count). The number of carbonyl (C=O) groups is 2. The van der Waals surface area contributed by atoms with Crippen molar-refractivity contribution in [3.05, 3.63) is 79.3 Å². The van der Waals surface area contributed by atoms with Crippen LogP contribution in [0.5, 0.6) is 11.5 Å². The molecule has 0 spiro atoms. The highest BCUT2D eigenvalue weighted by atomic mass is 35.5. The van der Waals surface area contributed by atoms with Crippen molar-refractivity contribution in [3.63, 3.8) is 0 Å². The van der Waals surface area contributed by atoms with Gasteiger partial charge in [-0.1, -0.05) is 35.3 Å². The first kappa shape index (κ1) is 26.4. The van der Waals surface area contributed by atoms with E-state index < -0.39 is 39.7 Å². The van der Waals surface area contributed by atoms with Crippen LogP contribution in [0.2, 0.25) is 10.0 Å². The third kappa shape index (κ3) is 4.43. The third-order valence-corrected chi connectivity index (χ3v) is 5.56. The van der Waals surface area contributed by atoms with E-state index in [4.69, 9.17) is 39.4 Å². The minimum atomic E-state index is -0.942. The predicted octanol–water partition coefficient (Wildman–Crippen LogP) is 4.85. The molecule has 0 aromatic heterocycles. The van der Waals surface area contributed by atoms with E-state index >= 15 is 0 Å².